The summed E-state index contributed by atoms with van der Waals surface area (Å²) in [4.78, 5) is 16.5. The SMILES string of the molecule is CSc1cc(O)c(-c2ccc([C@@H]3CCC[C@H]3N)cc2)c2c1[nH]c(=O)c1sccc12.Cl. The van der Waals surface area contributed by atoms with Crippen LogP contribution in [-0.4, -0.2) is 22.4 Å². The van der Waals surface area contributed by atoms with Gasteiger partial charge in [0.05, 0.1) is 5.52 Å². The van der Waals surface area contributed by atoms with Crippen LogP contribution in [0.2, 0.25) is 0 Å². The number of hydrogen-bond acceptors (Lipinski definition) is 5. The van der Waals surface area contributed by atoms with E-state index in [0.717, 1.165) is 45.2 Å². The van der Waals surface area contributed by atoms with Crippen LogP contribution in [0, 0.1) is 0 Å². The lowest BCUT2D eigenvalue weighted by molar-refractivity contribution is 0.476. The van der Waals surface area contributed by atoms with E-state index in [1.54, 1.807) is 6.07 Å². The van der Waals surface area contributed by atoms with Crippen molar-refractivity contribution in [2.45, 2.75) is 36.1 Å². The van der Waals surface area contributed by atoms with Gasteiger partial charge in [-0.3, -0.25) is 4.79 Å². The van der Waals surface area contributed by atoms with Crippen LogP contribution in [0.3, 0.4) is 0 Å². The monoisotopic (exact) mass is 458 g/mol. The predicted molar refractivity (Wildman–Crippen MR) is 131 cm³/mol. The van der Waals surface area contributed by atoms with Crippen molar-refractivity contribution in [2.75, 3.05) is 6.26 Å². The summed E-state index contributed by atoms with van der Waals surface area (Å²) in [6.45, 7) is 0. The molecule has 0 amide bonds. The van der Waals surface area contributed by atoms with Crippen molar-refractivity contribution in [3.05, 3.63) is 57.7 Å². The Balaban J connectivity index is 0.00000218. The summed E-state index contributed by atoms with van der Waals surface area (Å²) in [7, 11) is 0. The van der Waals surface area contributed by atoms with E-state index in [0.29, 0.717) is 10.6 Å². The Bertz CT molecular complexity index is 1280. The normalized spacial score (nSPS) is 18.7. The van der Waals surface area contributed by atoms with E-state index in [1.807, 2.05) is 17.7 Å². The zero-order chi connectivity index (χ0) is 20.1. The maximum atomic E-state index is 12.5. The maximum Gasteiger partial charge on any atom is 0.266 e. The molecule has 2 aromatic carbocycles. The van der Waals surface area contributed by atoms with Crippen molar-refractivity contribution in [3.8, 4) is 16.9 Å². The third-order valence-electron chi connectivity index (χ3n) is 6.07. The highest BCUT2D eigenvalue weighted by molar-refractivity contribution is 7.98. The zero-order valence-corrected chi connectivity index (χ0v) is 18.9. The molecule has 2 aromatic heterocycles. The Morgan fingerprint density at radius 2 is 1.97 bits per heavy atom. The first-order valence-corrected chi connectivity index (χ1v) is 11.9. The van der Waals surface area contributed by atoms with Crippen LogP contribution in [-0.2, 0) is 0 Å². The van der Waals surface area contributed by atoms with E-state index in [1.165, 1.54) is 35.1 Å². The minimum absolute atomic E-state index is 0. The fourth-order valence-electron chi connectivity index (χ4n) is 4.64. The van der Waals surface area contributed by atoms with E-state index >= 15 is 0 Å². The van der Waals surface area contributed by atoms with Crippen LogP contribution in [0.4, 0.5) is 0 Å². The first kappa shape index (κ1) is 21.2. The van der Waals surface area contributed by atoms with Crippen LogP contribution < -0.4 is 11.3 Å². The molecule has 1 aliphatic rings. The average molecular weight is 459 g/mol. The molecule has 0 radical (unpaired) electrons. The molecule has 156 valence electrons. The molecule has 0 spiro atoms. The Labute approximate surface area is 188 Å². The molecule has 4 N–H and O–H groups in total. The number of aromatic nitrogens is 1. The standard InChI is InChI=1S/C23H22N2O2S2.ClH/c1-28-18-11-17(26)19(20-15-9-10-29-22(15)23(27)25-21(18)20)13-7-5-12(6-8-13)14-3-2-4-16(14)24;/h5-11,14,16,26H,2-4,24H2,1H3,(H,25,27);1H/t14-,16+;/m0./s1. The number of phenols is 1. The molecule has 1 fully saturated rings. The lowest BCUT2D eigenvalue weighted by Crippen LogP contribution is -2.22. The van der Waals surface area contributed by atoms with Gasteiger partial charge in [0, 0.05) is 27.3 Å². The lowest BCUT2D eigenvalue weighted by Gasteiger charge is -2.17. The van der Waals surface area contributed by atoms with Gasteiger partial charge in [-0.15, -0.1) is 35.5 Å². The Kier molecular flexibility index (Phi) is 5.86. The molecular weight excluding hydrogens is 436 g/mol. The molecule has 2 heterocycles. The third-order valence-corrected chi connectivity index (χ3v) is 7.74. The van der Waals surface area contributed by atoms with Crippen molar-refractivity contribution < 1.29 is 5.11 Å². The lowest BCUT2D eigenvalue weighted by atomic mass is 9.91. The third kappa shape index (κ3) is 3.32. The number of pyridine rings is 1. The molecule has 7 heteroatoms. The molecule has 1 aliphatic carbocycles. The number of rotatable bonds is 3. The Morgan fingerprint density at radius 3 is 2.63 bits per heavy atom. The van der Waals surface area contributed by atoms with Crippen LogP contribution in [0.5, 0.6) is 5.75 Å². The molecule has 5 rings (SSSR count). The predicted octanol–water partition coefficient (Wildman–Crippen LogP) is 5.85. The maximum absolute atomic E-state index is 12.5. The van der Waals surface area contributed by atoms with Gasteiger partial charge >= 0.3 is 0 Å². The molecular formula is C23H23ClN2O2S2. The quantitative estimate of drug-likeness (QED) is 0.336. The van der Waals surface area contributed by atoms with Gasteiger partial charge in [-0.25, -0.2) is 0 Å². The topological polar surface area (TPSA) is 79.1 Å². The first-order chi connectivity index (χ1) is 14.1. The van der Waals surface area contributed by atoms with Crippen molar-refractivity contribution in [2.24, 2.45) is 5.73 Å². The number of aromatic hydroxyl groups is 1. The van der Waals surface area contributed by atoms with Gasteiger partial charge in [0.2, 0.25) is 0 Å². The molecule has 2 atom stereocenters. The fourth-order valence-corrected chi connectivity index (χ4v) is 6.03. The van der Waals surface area contributed by atoms with Crippen molar-refractivity contribution in [3.63, 3.8) is 0 Å². The highest BCUT2D eigenvalue weighted by Crippen LogP contribution is 2.44. The van der Waals surface area contributed by atoms with Crippen LogP contribution in [0.25, 0.3) is 32.1 Å². The highest BCUT2D eigenvalue weighted by Gasteiger charge is 2.25. The number of nitrogens with one attached hydrogen (secondary N) is 1. The van der Waals surface area contributed by atoms with E-state index in [2.05, 4.69) is 29.2 Å². The number of thioether (sulfide) groups is 1. The molecule has 4 aromatic rings. The Hall–Kier alpha value is -1.99. The number of thiophene rings is 1. The van der Waals surface area contributed by atoms with Gasteiger partial charge in [-0.1, -0.05) is 30.7 Å². The van der Waals surface area contributed by atoms with Gasteiger partial charge in [0.1, 0.15) is 10.4 Å². The minimum Gasteiger partial charge on any atom is -0.507 e. The number of phenolic OH excluding ortho intramolecular Hbond substituents is 1. The van der Waals surface area contributed by atoms with E-state index in [9.17, 15) is 9.90 Å². The fraction of sp³-hybridized carbons (Fsp3) is 0.261. The average Bonchev–Trinajstić information content (AvgIpc) is 3.38. The molecule has 0 unspecified atom stereocenters. The summed E-state index contributed by atoms with van der Waals surface area (Å²) in [5.74, 6) is 0.639. The summed E-state index contributed by atoms with van der Waals surface area (Å²) in [5.41, 5.74) is 9.94. The summed E-state index contributed by atoms with van der Waals surface area (Å²) >= 11 is 2.94. The van der Waals surface area contributed by atoms with E-state index < -0.39 is 0 Å². The number of benzene rings is 2. The zero-order valence-electron chi connectivity index (χ0n) is 16.5. The molecule has 0 aliphatic heterocycles. The second kappa shape index (κ2) is 8.27. The number of nitrogens with two attached hydrogens (primary N) is 1. The number of H-pyrrole nitrogens is 1. The second-order valence-electron chi connectivity index (χ2n) is 7.66. The number of fused-ring (bicyclic) bond motifs is 3. The second-order valence-corrected chi connectivity index (χ2v) is 9.43. The van der Waals surface area contributed by atoms with Gasteiger partial charge in [0.25, 0.3) is 5.56 Å². The summed E-state index contributed by atoms with van der Waals surface area (Å²) in [6, 6.07) is 12.3. The van der Waals surface area contributed by atoms with Crippen molar-refractivity contribution >= 4 is 56.5 Å². The summed E-state index contributed by atoms with van der Waals surface area (Å²) < 4.78 is 0.685. The van der Waals surface area contributed by atoms with Crippen molar-refractivity contribution in [1.29, 1.82) is 0 Å². The minimum atomic E-state index is -0.0833. The van der Waals surface area contributed by atoms with E-state index in [-0.39, 0.29) is 29.8 Å². The van der Waals surface area contributed by atoms with Crippen LogP contribution in [0.1, 0.15) is 30.7 Å². The molecule has 0 saturated heterocycles. The molecule has 1 saturated carbocycles. The van der Waals surface area contributed by atoms with E-state index in [4.69, 9.17) is 5.73 Å². The van der Waals surface area contributed by atoms with Crippen LogP contribution >= 0.6 is 35.5 Å². The van der Waals surface area contributed by atoms with Gasteiger partial charge < -0.3 is 15.8 Å². The molecule has 30 heavy (non-hydrogen) atoms. The smallest absolute Gasteiger partial charge is 0.266 e. The molecule has 0 bridgehead atoms. The van der Waals surface area contributed by atoms with Crippen molar-refractivity contribution in [1.82, 2.24) is 4.98 Å². The largest absolute Gasteiger partial charge is 0.507 e. The number of hydrogen-bond donors (Lipinski definition) is 3. The molecule has 4 nitrogen and oxygen atoms in total. The Morgan fingerprint density at radius 1 is 1.20 bits per heavy atom. The van der Waals surface area contributed by atoms with Crippen LogP contribution in [0.15, 0.2) is 51.5 Å². The summed E-state index contributed by atoms with van der Waals surface area (Å²) in [6.07, 6.45) is 5.34. The van der Waals surface area contributed by atoms with Gasteiger partial charge in [0.15, 0.2) is 0 Å². The van der Waals surface area contributed by atoms with Gasteiger partial charge in [-0.05, 0) is 53.7 Å². The number of halogens is 1. The highest BCUT2D eigenvalue weighted by atomic mass is 35.5. The number of aromatic amines is 1. The summed E-state index contributed by atoms with van der Waals surface area (Å²) in [5, 5.41) is 14.7. The van der Waals surface area contributed by atoms with Gasteiger partial charge in [-0.2, -0.15) is 0 Å². The first-order valence-electron chi connectivity index (χ1n) is 9.77.